The van der Waals surface area contributed by atoms with Gasteiger partial charge in [0.25, 0.3) is 5.91 Å². The Balaban J connectivity index is 1.58. The van der Waals surface area contributed by atoms with Gasteiger partial charge in [0, 0.05) is 6.54 Å². The molecule has 0 radical (unpaired) electrons. The van der Waals surface area contributed by atoms with Gasteiger partial charge in [-0.25, -0.2) is 4.79 Å². The molecule has 0 bridgehead atoms. The number of urea groups is 1. The Morgan fingerprint density at radius 1 is 1.03 bits per heavy atom. The van der Waals surface area contributed by atoms with E-state index in [0.717, 1.165) is 10.5 Å². The zero-order chi connectivity index (χ0) is 20.8. The highest BCUT2D eigenvalue weighted by Gasteiger charge is 2.39. The molecule has 1 saturated heterocycles. The van der Waals surface area contributed by atoms with Crippen molar-refractivity contribution in [2.24, 2.45) is 0 Å². The van der Waals surface area contributed by atoms with Gasteiger partial charge in [-0.3, -0.25) is 14.5 Å². The SMILES string of the molecule is COc1ccc(CN2C(=O)NC(CC(=O)NCc3ccccc3)C2=O)cc1OC. The van der Waals surface area contributed by atoms with Crippen LogP contribution in [0.4, 0.5) is 4.79 Å². The van der Waals surface area contributed by atoms with Crippen molar-refractivity contribution in [2.75, 3.05) is 14.2 Å². The summed E-state index contributed by atoms with van der Waals surface area (Å²) in [5.74, 6) is 0.329. The summed E-state index contributed by atoms with van der Waals surface area (Å²) in [6, 6.07) is 13.2. The van der Waals surface area contributed by atoms with Gasteiger partial charge in [-0.2, -0.15) is 0 Å². The van der Waals surface area contributed by atoms with Crippen LogP contribution in [0.3, 0.4) is 0 Å². The standard InChI is InChI=1S/C21H23N3O5/c1-28-17-9-8-15(10-18(17)29-2)13-24-20(26)16(23-21(24)27)11-19(25)22-12-14-6-4-3-5-7-14/h3-10,16H,11-13H2,1-2H3,(H,22,25)(H,23,27). The second-order valence-electron chi connectivity index (χ2n) is 6.58. The van der Waals surface area contributed by atoms with Gasteiger partial charge >= 0.3 is 6.03 Å². The quantitative estimate of drug-likeness (QED) is 0.663. The molecule has 8 nitrogen and oxygen atoms in total. The molecule has 8 heteroatoms. The maximum absolute atomic E-state index is 12.6. The molecule has 1 aliphatic heterocycles. The molecule has 0 aliphatic carbocycles. The fourth-order valence-corrected chi connectivity index (χ4v) is 3.08. The van der Waals surface area contributed by atoms with Gasteiger partial charge in [0.05, 0.1) is 27.2 Å². The van der Waals surface area contributed by atoms with Gasteiger partial charge in [0.1, 0.15) is 6.04 Å². The fourth-order valence-electron chi connectivity index (χ4n) is 3.08. The average molecular weight is 397 g/mol. The van der Waals surface area contributed by atoms with Crippen LogP contribution >= 0.6 is 0 Å². The van der Waals surface area contributed by atoms with Gasteiger partial charge in [-0.1, -0.05) is 36.4 Å². The largest absolute Gasteiger partial charge is 0.493 e. The normalized spacial score (nSPS) is 15.8. The van der Waals surface area contributed by atoms with Crippen LogP contribution < -0.4 is 20.1 Å². The maximum Gasteiger partial charge on any atom is 0.325 e. The van der Waals surface area contributed by atoms with E-state index in [-0.39, 0.29) is 18.9 Å². The third kappa shape index (κ3) is 4.84. The average Bonchev–Trinajstić information content (AvgIpc) is 3.00. The van der Waals surface area contributed by atoms with Crippen molar-refractivity contribution in [3.8, 4) is 11.5 Å². The second-order valence-corrected chi connectivity index (χ2v) is 6.58. The van der Waals surface area contributed by atoms with E-state index in [1.54, 1.807) is 18.2 Å². The van der Waals surface area contributed by atoms with Crippen molar-refractivity contribution < 1.29 is 23.9 Å². The van der Waals surface area contributed by atoms with E-state index in [2.05, 4.69) is 10.6 Å². The van der Waals surface area contributed by atoms with Crippen LogP contribution in [-0.2, 0) is 22.7 Å². The third-order valence-electron chi connectivity index (χ3n) is 4.62. The Kier molecular flexibility index (Phi) is 6.33. The number of carbonyl (C=O) groups excluding carboxylic acids is 3. The lowest BCUT2D eigenvalue weighted by Gasteiger charge is -2.15. The van der Waals surface area contributed by atoms with E-state index < -0.39 is 18.0 Å². The van der Waals surface area contributed by atoms with Crippen molar-refractivity contribution in [3.05, 3.63) is 59.7 Å². The van der Waals surface area contributed by atoms with Crippen LogP contribution in [0.1, 0.15) is 17.5 Å². The van der Waals surface area contributed by atoms with Crippen molar-refractivity contribution >= 4 is 17.8 Å². The Hall–Kier alpha value is -3.55. The molecule has 2 aromatic carbocycles. The Bertz CT molecular complexity index is 900. The molecule has 0 spiro atoms. The third-order valence-corrected chi connectivity index (χ3v) is 4.62. The van der Waals surface area contributed by atoms with Crippen LogP contribution in [0, 0.1) is 0 Å². The number of rotatable bonds is 8. The summed E-state index contributed by atoms with van der Waals surface area (Å²) in [4.78, 5) is 38.1. The first kappa shape index (κ1) is 20.2. The van der Waals surface area contributed by atoms with E-state index >= 15 is 0 Å². The smallest absolute Gasteiger partial charge is 0.325 e. The number of amides is 4. The Morgan fingerprint density at radius 2 is 1.76 bits per heavy atom. The monoisotopic (exact) mass is 397 g/mol. The first-order chi connectivity index (χ1) is 14.0. The molecule has 0 saturated carbocycles. The molecule has 1 atom stereocenters. The molecule has 1 fully saturated rings. The molecule has 4 amide bonds. The van der Waals surface area contributed by atoms with Gasteiger partial charge in [0.15, 0.2) is 11.5 Å². The van der Waals surface area contributed by atoms with Gasteiger partial charge in [-0.05, 0) is 23.3 Å². The summed E-state index contributed by atoms with van der Waals surface area (Å²) in [6.07, 6.45) is -0.111. The lowest BCUT2D eigenvalue weighted by atomic mass is 10.1. The summed E-state index contributed by atoms with van der Waals surface area (Å²) in [5, 5.41) is 5.34. The first-order valence-corrected chi connectivity index (χ1v) is 9.15. The van der Waals surface area contributed by atoms with Crippen molar-refractivity contribution in [3.63, 3.8) is 0 Å². The minimum absolute atomic E-state index is 0.0765. The number of nitrogens with one attached hydrogen (secondary N) is 2. The summed E-state index contributed by atoms with van der Waals surface area (Å²) in [6.45, 7) is 0.442. The van der Waals surface area contributed by atoms with E-state index in [1.807, 2.05) is 30.3 Å². The number of methoxy groups -OCH3 is 2. The fraction of sp³-hybridized carbons (Fsp3) is 0.286. The zero-order valence-corrected chi connectivity index (χ0v) is 16.3. The van der Waals surface area contributed by atoms with Crippen LogP contribution in [-0.4, -0.2) is 43.0 Å². The van der Waals surface area contributed by atoms with Crippen LogP contribution in [0.2, 0.25) is 0 Å². The topological polar surface area (TPSA) is 97.0 Å². The highest BCUT2D eigenvalue weighted by Crippen LogP contribution is 2.28. The highest BCUT2D eigenvalue weighted by atomic mass is 16.5. The summed E-state index contributed by atoms with van der Waals surface area (Å²) >= 11 is 0. The number of nitrogens with zero attached hydrogens (tertiary/aromatic N) is 1. The highest BCUT2D eigenvalue weighted by molar-refractivity contribution is 6.05. The van der Waals surface area contributed by atoms with E-state index in [1.165, 1.54) is 14.2 Å². The molecule has 152 valence electrons. The second kappa shape index (κ2) is 9.09. The van der Waals surface area contributed by atoms with Crippen molar-refractivity contribution in [1.29, 1.82) is 0 Å². The molecule has 0 aromatic heterocycles. The van der Waals surface area contributed by atoms with Gasteiger partial charge < -0.3 is 20.1 Å². The molecular formula is C21H23N3O5. The summed E-state index contributed by atoms with van der Waals surface area (Å²) < 4.78 is 10.4. The van der Waals surface area contributed by atoms with E-state index in [0.29, 0.717) is 23.6 Å². The molecule has 1 aliphatic rings. The first-order valence-electron chi connectivity index (χ1n) is 9.15. The number of hydrogen-bond donors (Lipinski definition) is 2. The molecule has 29 heavy (non-hydrogen) atoms. The number of imide groups is 1. The van der Waals surface area contributed by atoms with Crippen LogP contribution in [0.25, 0.3) is 0 Å². The minimum Gasteiger partial charge on any atom is -0.493 e. The lowest BCUT2D eigenvalue weighted by Crippen LogP contribution is -2.36. The molecule has 2 aromatic rings. The maximum atomic E-state index is 12.6. The Labute approximate surface area is 168 Å². The minimum atomic E-state index is -0.876. The van der Waals surface area contributed by atoms with Crippen LogP contribution in [0.15, 0.2) is 48.5 Å². The molecule has 1 heterocycles. The molecule has 2 N–H and O–H groups in total. The van der Waals surface area contributed by atoms with Crippen LogP contribution in [0.5, 0.6) is 11.5 Å². The molecule has 1 unspecified atom stereocenters. The number of hydrogen-bond acceptors (Lipinski definition) is 5. The predicted octanol–water partition coefficient (Wildman–Crippen LogP) is 1.83. The summed E-state index contributed by atoms with van der Waals surface area (Å²) in [5.41, 5.74) is 1.66. The van der Waals surface area contributed by atoms with Gasteiger partial charge in [0.2, 0.25) is 5.91 Å². The molecule has 3 rings (SSSR count). The summed E-state index contributed by atoms with van der Waals surface area (Å²) in [7, 11) is 3.04. The lowest BCUT2D eigenvalue weighted by molar-refractivity contribution is -0.131. The van der Waals surface area contributed by atoms with E-state index in [4.69, 9.17) is 9.47 Å². The zero-order valence-electron chi connectivity index (χ0n) is 16.3. The number of carbonyl (C=O) groups is 3. The number of benzene rings is 2. The van der Waals surface area contributed by atoms with Crippen molar-refractivity contribution in [2.45, 2.75) is 25.6 Å². The van der Waals surface area contributed by atoms with E-state index in [9.17, 15) is 14.4 Å². The predicted molar refractivity (Wildman–Crippen MR) is 105 cm³/mol. The van der Waals surface area contributed by atoms with Crippen molar-refractivity contribution in [1.82, 2.24) is 15.5 Å². The Morgan fingerprint density at radius 3 is 2.45 bits per heavy atom. The van der Waals surface area contributed by atoms with Gasteiger partial charge in [-0.15, -0.1) is 0 Å². The number of ether oxygens (including phenoxy) is 2. The molecular weight excluding hydrogens is 374 g/mol.